The zero-order valence-electron chi connectivity index (χ0n) is 10.6. The van der Waals surface area contributed by atoms with Crippen molar-refractivity contribution in [1.82, 2.24) is 10.2 Å². The number of likely N-dealkylation sites (tertiary alicyclic amines) is 1. The number of hydrogen-bond acceptors (Lipinski definition) is 3. The lowest BCUT2D eigenvalue weighted by Crippen LogP contribution is -2.52. The molecule has 0 radical (unpaired) electrons. The molecule has 0 aliphatic carbocycles. The fourth-order valence-electron chi connectivity index (χ4n) is 2.33. The van der Waals surface area contributed by atoms with Gasteiger partial charge in [-0.2, -0.15) is 0 Å². The molecular weight excluding hydrogens is 220 g/mol. The van der Waals surface area contributed by atoms with Crippen molar-refractivity contribution in [3.05, 3.63) is 0 Å². The largest absolute Gasteiger partial charge is 0.480 e. The molecule has 2 unspecified atom stereocenters. The van der Waals surface area contributed by atoms with Crippen LogP contribution in [0, 0.1) is 0 Å². The van der Waals surface area contributed by atoms with Gasteiger partial charge in [0.15, 0.2) is 0 Å². The molecule has 98 valence electrons. The summed E-state index contributed by atoms with van der Waals surface area (Å²) in [5, 5.41) is 12.0. The Morgan fingerprint density at radius 2 is 2.12 bits per heavy atom. The Balaban J connectivity index is 2.74. The molecule has 0 aromatic carbocycles. The topological polar surface area (TPSA) is 69.6 Å². The van der Waals surface area contributed by atoms with E-state index in [4.69, 9.17) is 0 Å². The van der Waals surface area contributed by atoms with Crippen LogP contribution in [0.25, 0.3) is 0 Å². The van der Waals surface area contributed by atoms with Crippen LogP contribution < -0.4 is 5.32 Å². The Bertz CT molecular complexity index is 281. The van der Waals surface area contributed by atoms with Gasteiger partial charge in [-0.3, -0.25) is 14.5 Å². The van der Waals surface area contributed by atoms with Crippen molar-refractivity contribution in [2.45, 2.75) is 51.6 Å². The van der Waals surface area contributed by atoms with Crippen LogP contribution in [0.2, 0.25) is 0 Å². The number of carboxylic acid groups (broad SMARTS) is 1. The van der Waals surface area contributed by atoms with Crippen molar-refractivity contribution >= 4 is 11.9 Å². The molecule has 1 aliphatic rings. The van der Waals surface area contributed by atoms with E-state index >= 15 is 0 Å². The van der Waals surface area contributed by atoms with E-state index < -0.39 is 12.0 Å². The van der Waals surface area contributed by atoms with Gasteiger partial charge in [0, 0.05) is 6.54 Å². The van der Waals surface area contributed by atoms with E-state index in [-0.39, 0.29) is 11.9 Å². The van der Waals surface area contributed by atoms with E-state index in [0.717, 1.165) is 19.3 Å². The summed E-state index contributed by atoms with van der Waals surface area (Å²) < 4.78 is 0. The summed E-state index contributed by atoms with van der Waals surface area (Å²) >= 11 is 0. The van der Waals surface area contributed by atoms with E-state index in [1.807, 2.05) is 11.8 Å². The van der Waals surface area contributed by atoms with Gasteiger partial charge in [0.1, 0.15) is 6.04 Å². The fourth-order valence-corrected chi connectivity index (χ4v) is 2.33. The van der Waals surface area contributed by atoms with Gasteiger partial charge in [-0.05, 0) is 33.2 Å². The summed E-state index contributed by atoms with van der Waals surface area (Å²) in [6, 6.07) is -0.885. The zero-order valence-corrected chi connectivity index (χ0v) is 10.6. The summed E-state index contributed by atoms with van der Waals surface area (Å²) in [5.74, 6) is -0.899. The fraction of sp³-hybridized carbons (Fsp3) is 0.833. The number of carbonyl (C=O) groups is 2. The van der Waals surface area contributed by atoms with Crippen molar-refractivity contribution in [2.75, 3.05) is 13.1 Å². The van der Waals surface area contributed by atoms with Crippen LogP contribution in [0.1, 0.15) is 39.5 Å². The highest BCUT2D eigenvalue weighted by atomic mass is 16.4. The Morgan fingerprint density at radius 1 is 1.41 bits per heavy atom. The highest BCUT2D eigenvalue weighted by Crippen LogP contribution is 2.19. The first-order valence-corrected chi connectivity index (χ1v) is 6.34. The molecule has 1 fully saturated rings. The Labute approximate surface area is 102 Å². The maximum atomic E-state index is 11.8. The molecule has 1 aliphatic heterocycles. The van der Waals surface area contributed by atoms with Crippen molar-refractivity contribution in [1.29, 1.82) is 0 Å². The number of amides is 1. The first-order valence-electron chi connectivity index (χ1n) is 6.34. The van der Waals surface area contributed by atoms with Crippen molar-refractivity contribution in [2.24, 2.45) is 0 Å². The molecule has 5 heteroatoms. The summed E-state index contributed by atoms with van der Waals surface area (Å²) in [6.07, 6.45) is 3.57. The molecule has 2 atom stereocenters. The van der Waals surface area contributed by atoms with Gasteiger partial charge in [-0.25, -0.2) is 0 Å². The molecule has 2 N–H and O–H groups in total. The molecule has 0 aromatic rings. The van der Waals surface area contributed by atoms with Crippen LogP contribution in [-0.2, 0) is 9.59 Å². The van der Waals surface area contributed by atoms with Gasteiger partial charge in [0.2, 0.25) is 5.91 Å². The predicted octanol–water partition coefficient (Wildman–Crippen LogP) is 0.840. The Kier molecular flexibility index (Phi) is 5.41. The first kappa shape index (κ1) is 14.0. The summed E-state index contributed by atoms with van der Waals surface area (Å²) in [5.41, 5.74) is 0. The maximum Gasteiger partial charge on any atom is 0.320 e. The van der Waals surface area contributed by atoms with Crippen molar-refractivity contribution < 1.29 is 14.7 Å². The molecule has 1 amide bonds. The van der Waals surface area contributed by atoms with Gasteiger partial charge in [0.25, 0.3) is 0 Å². The third-order valence-corrected chi connectivity index (χ3v) is 3.31. The van der Waals surface area contributed by atoms with Crippen LogP contribution in [-0.4, -0.2) is 47.1 Å². The number of nitrogens with zero attached hydrogens (tertiary/aromatic N) is 1. The van der Waals surface area contributed by atoms with Crippen LogP contribution in [0.5, 0.6) is 0 Å². The van der Waals surface area contributed by atoms with E-state index in [2.05, 4.69) is 5.32 Å². The highest BCUT2D eigenvalue weighted by Gasteiger charge is 2.33. The second-order valence-electron chi connectivity index (χ2n) is 4.51. The van der Waals surface area contributed by atoms with Crippen LogP contribution in [0.3, 0.4) is 0 Å². The summed E-state index contributed by atoms with van der Waals surface area (Å²) in [7, 11) is 0. The summed E-state index contributed by atoms with van der Waals surface area (Å²) in [6.45, 7) is 4.91. The Hall–Kier alpha value is -1.10. The number of rotatable bonds is 4. The lowest BCUT2D eigenvalue weighted by molar-refractivity contribution is -0.145. The quantitative estimate of drug-likeness (QED) is 0.766. The molecule has 1 saturated heterocycles. The second kappa shape index (κ2) is 6.59. The number of nitrogens with one attached hydrogen (secondary N) is 1. The average Bonchev–Trinajstić information content (AvgIpc) is 2.53. The van der Waals surface area contributed by atoms with Crippen molar-refractivity contribution in [3.8, 4) is 0 Å². The lowest BCUT2D eigenvalue weighted by atomic mass is 10.1. The van der Waals surface area contributed by atoms with Crippen LogP contribution in [0.4, 0.5) is 0 Å². The third-order valence-electron chi connectivity index (χ3n) is 3.31. The number of carboxylic acids is 1. The predicted molar refractivity (Wildman–Crippen MR) is 64.7 cm³/mol. The maximum absolute atomic E-state index is 11.8. The third kappa shape index (κ3) is 3.70. The molecule has 17 heavy (non-hydrogen) atoms. The van der Waals surface area contributed by atoms with E-state index in [1.165, 1.54) is 0 Å². The van der Waals surface area contributed by atoms with Gasteiger partial charge < -0.3 is 10.4 Å². The second-order valence-corrected chi connectivity index (χ2v) is 4.51. The molecule has 0 saturated carbocycles. The van der Waals surface area contributed by atoms with E-state index in [0.29, 0.717) is 19.5 Å². The molecule has 0 aromatic heterocycles. The van der Waals surface area contributed by atoms with Crippen molar-refractivity contribution in [3.63, 3.8) is 0 Å². The SMILES string of the molecule is CCNC(=O)C(C)N1CCCCCC1C(=O)O. The van der Waals surface area contributed by atoms with Gasteiger partial charge in [-0.15, -0.1) is 0 Å². The normalized spacial score (nSPS) is 23.8. The first-order chi connectivity index (χ1) is 8.07. The molecule has 0 spiro atoms. The Morgan fingerprint density at radius 3 is 2.71 bits per heavy atom. The number of likely N-dealkylation sites (N-methyl/N-ethyl adjacent to an activating group) is 1. The molecule has 5 nitrogen and oxygen atoms in total. The number of hydrogen-bond donors (Lipinski definition) is 2. The van der Waals surface area contributed by atoms with E-state index in [1.54, 1.807) is 6.92 Å². The smallest absolute Gasteiger partial charge is 0.320 e. The highest BCUT2D eigenvalue weighted by molar-refractivity contribution is 5.82. The lowest BCUT2D eigenvalue weighted by Gasteiger charge is -2.31. The van der Waals surface area contributed by atoms with Gasteiger partial charge in [0.05, 0.1) is 6.04 Å². The minimum atomic E-state index is -0.817. The monoisotopic (exact) mass is 242 g/mol. The minimum absolute atomic E-state index is 0.0827. The van der Waals surface area contributed by atoms with E-state index in [9.17, 15) is 14.7 Å². The number of aliphatic carboxylic acids is 1. The van der Waals surface area contributed by atoms with Gasteiger partial charge in [-0.1, -0.05) is 12.8 Å². The average molecular weight is 242 g/mol. The molecule has 0 bridgehead atoms. The van der Waals surface area contributed by atoms with Crippen LogP contribution in [0.15, 0.2) is 0 Å². The molecule has 1 rings (SSSR count). The zero-order chi connectivity index (χ0) is 12.8. The summed E-state index contributed by atoms with van der Waals surface area (Å²) in [4.78, 5) is 24.8. The standard InChI is InChI=1S/C12H22N2O3/c1-3-13-11(15)9(2)14-8-6-4-5-7-10(14)12(16)17/h9-10H,3-8H2,1-2H3,(H,13,15)(H,16,17). The minimum Gasteiger partial charge on any atom is -0.480 e. The molecule has 1 heterocycles. The molecular formula is C12H22N2O3. The van der Waals surface area contributed by atoms with Crippen LogP contribution >= 0.6 is 0 Å². The number of carbonyl (C=O) groups excluding carboxylic acids is 1. The van der Waals surface area contributed by atoms with Gasteiger partial charge >= 0.3 is 5.97 Å².